The number of hydrogen-bond donors (Lipinski definition) is 0. The summed E-state index contributed by atoms with van der Waals surface area (Å²) in [5.74, 6) is -0.270. The number of nitrogens with zero attached hydrogens (tertiary/aromatic N) is 3. The van der Waals surface area contributed by atoms with Crippen molar-refractivity contribution in [1.82, 2.24) is 4.68 Å². The maximum Gasteiger partial charge on any atom is 0.211 e. The van der Waals surface area contributed by atoms with Crippen molar-refractivity contribution in [2.24, 2.45) is 10.1 Å². The van der Waals surface area contributed by atoms with Crippen molar-refractivity contribution in [2.45, 2.75) is 6.92 Å². The molecule has 130 valence electrons. The first kappa shape index (κ1) is 17.1. The van der Waals surface area contributed by atoms with Crippen LogP contribution in [-0.2, 0) is 0 Å². The van der Waals surface area contributed by atoms with Crippen LogP contribution in [0.3, 0.4) is 0 Å². The molecule has 0 aliphatic rings. The van der Waals surface area contributed by atoms with Crippen LogP contribution in [0.15, 0.2) is 69.4 Å². The lowest BCUT2D eigenvalue weighted by Crippen LogP contribution is -2.11. The van der Waals surface area contributed by atoms with E-state index in [0.717, 1.165) is 20.2 Å². The molecule has 0 spiro atoms. The zero-order valence-electron chi connectivity index (χ0n) is 13.8. The van der Waals surface area contributed by atoms with Crippen LogP contribution in [0.5, 0.6) is 0 Å². The van der Waals surface area contributed by atoms with Gasteiger partial charge in [0.05, 0.1) is 22.5 Å². The Balaban J connectivity index is 1.81. The predicted molar refractivity (Wildman–Crippen MR) is 109 cm³/mol. The van der Waals surface area contributed by atoms with Crippen molar-refractivity contribution in [3.63, 3.8) is 0 Å². The normalized spacial score (nSPS) is 12.3. The molecule has 1 aromatic carbocycles. The Kier molecular flexibility index (Phi) is 4.92. The zero-order valence-corrected chi connectivity index (χ0v) is 16.2. The summed E-state index contributed by atoms with van der Waals surface area (Å²) in [5.41, 5.74) is 1.69. The van der Waals surface area contributed by atoms with Gasteiger partial charge in [0, 0.05) is 15.1 Å². The topological polar surface area (TPSA) is 29.6 Å². The Labute approximate surface area is 162 Å². The third-order valence-electron chi connectivity index (χ3n) is 3.57. The van der Waals surface area contributed by atoms with E-state index in [1.807, 2.05) is 27.7 Å². The maximum absolute atomic E-state index is 13.1. The summed E-state index contributed by atoms with van der Waals surface area (Å²) < 4.78 is 15.0. The van der Waals surface area contributed by atoms with Crippen LogP contribution in [0.4, 0.5) is 10.1 Å². The fourth-order valence-corrected chi connectivity index (χ4v) is 4.74. The standard InChI is InChI=1S/C19H14FN3S3/c1-13-4-9-16(26-13)11-21-23-17(18-3-2-10-24-18)12-25-19(23)22-15-7-5-14(20)6-8-15/h2-12H,1H3. The van der Waals surface area contributed by atoms with Gasteiger partial charge in [0.2, 0.25) is 4.80 Å². The highest BCUT2D eigenvalue weighted by atomic mass is 32.1. The second kappa shape index (κ2) is 7.49. The molecule has 0 aliphatic heterocycles. The monoisotopic (exact) mass is 399 g/mol. The third-order valence-corrected chi connectivity index (χ3v) is 6.22. The molecule has 0 radical (unpaired) electrons. The number of aryl methyl sites for hydroxylation is 1. The average molecular weight is 400 g/mol. The smallest absolute Gasteiger partial charge is 0.211 e. The van der Waals surface area contributed by atoms with Crippen molar-refractivity contribution in [1.29, 1.82) is 0 Å². The summed E-state index contributed by atoms with van der Waals surface area (Å²) in [6.07, 6.45) is 1.85. The van der Waals surface area contributed by atoms with E-state index < -0.39 is 0 Å². The van der Waals surface area contributed by atoms with Crippen molar-refractivity contribution >= 4 is 45.9 Å². The molecule has 0 atom stereocenters. The Morgan fingerprint density at radius 3 is 2.58 bits per heavy atom. The van der Waals surface area contributed by atoms with Crippen LogP contribution < -0.4 is 4.80 Å². The van der Waals surface area contributed by atoms with Gasteiger partial charge >= 0.3 is 0 Å². The molecule has 0 saturated carbocycles. The van der Waals surface area contributed by atoms with E-state index >= 15 is 0 Å². The van der Waals surface area contributed by atoms with Crippen LogP contribution in [0.2, 0.25) is 0 Å². The first-order valence-corrected chi connectivity index (χ1v) is 10.4. The summed E-state index contributed by atoms with van der Waals surface area (Å²) >= 11 is 4.87. The molecule has 3 nitrogen and oxygen atoms in total. The van der Waals surface area contributed by atoms with Gasteiger partial charge in [-0.25, -0.2) is 14.1 Å². The minimum atomic E-state index is -0.270. The second-order valence-electron chi connectivity index (χ2n) is 5.47. The van der Waals surface area contributed by atoms with E-state index in [-0.39, 0.29) is 5.82 Å². The number of benzene rings is 1. The summed E-state index contributed by atoms with van der Waals surface area (Å²) in [4.78, 5) is 8.84. The SMILES string of the molecule is Cc1ccc(C=Nn2c(-c3cccs3)csc2=Nc2ccc(F)cc2)s1. The number of rotatable bonds is 4. The summed E-state index contributed by atoms with van der Waals surface area (Å²) in [7, 11) is 0. The van der Waals surface area contributed by atoms with E-state index in [9.17, 15) is 4.39 Å². The van der Waals surface area contributed by atoms with Gasteiger partial charge in [-0.05, 0) is 54.8 Å². The fourth-order valence-electron chi connectivity index (χ4n) is 2.35. The maximum atomic E-state index is 13.1. The quantitative estimate of drug-likeness (QED) is 0.382. The molecule has 0 fully saturated rings. The predicted octanol–water partition coefficient (Wildman–Crippen LogP) is 5.90. The van der Waals surface area contributed by atoms with E-state index in [0.29, 0.717) is 5.69 Å². The van der Waals surface area contributed by atoms with Crippen molar-refractivity contribution in [3.8, 4) is 10.6 Å². The first-order valence-electron chi connectivity index (χ1n) is 7.84. The van der Waals surface area contributed by atoms with Crippen LogP contribution in [0.25, 0.3) is 10.6 Å². The Bertz CT molecular complexity index is 1100. The zero-order chi connectivity index (χ0) is 17.9. The van der Waals surface area contributed by atoms with Gasteiger partial charge in [0.1, 0.15) is 5.82 Å². The highest BCUT2D eigenvalue weighted by molar-refractivity contribution is 7.14. The Hall–Kier alpha value is -2.35. The van der Waals surface area contributed by atoms with Crippen LogP contribution in [0, 0.1) is 12.7 Å². The van der Waals surface area contributed by atoms with Gasteiger partial charge in [-0.1, -0.05) is 6.07 Å². The molecule has 0 N–H and O–H groups in total. The molecule has 4 aromatic rings. The van der Waals surface area contributed by atoms with E-state index in [4.69, 9.17) is 0 Å². The minimum Gasteiger partial charge on any atom is -0.220 e. The third kappa shape index (κ3) is 3.75. The molecule has 0 bridgehead atoms. The summed E-state index contributed by atoms with van der Waals surface area (Å²) in [6.45, 7) is 2.08. The summed E-state index contributed by atoms with van der Waals surface area (Å²) in [5, 5.41) is 8.76. The minimum absolute atomic E-state index is 0.270. The van der Waals surface area contributed by atoms with Crippen molar-refractivity contribution < 1.29 is 4.39 Å². The van der Waals surface area contributed by atoms with Gasteiger partial charge in [0.15, 0.2) is 0 Å². The fraction of sp³-hybridized carbons (Fsp3) is 0.0526. The Morgan fingerprint density at radius 2 is 1.88 bits per heavy atom. The van der Waals surface area contributed by atoms with E-state index in [1.54, 1.807) is 34.8 Å². The second-order valence-corrected chi connectivity index (χ2v) is 8.58. The molecule has 0 aliphatic carbocycles. The number of halogens is 1. The number of aromatic nitrogens is 1. The van der Waals surface area contributed by atoms with Crippen LogP contribution >= 0.6 is 34.0 Å². The molecule has 0 amide bonds. The Morgan fingerprint density at radius 1 is 1.04 bits per heavy atom. The lowest BCUT2D eigenvalue weighted by atomic mass is 10.3. The number of thiophene rings is 2. The molecular weight excluding hydrogens is 385 g/mol. The average Bonchev–Trinajstić information content (AvgIpc) is 3.36. The van der Waals surface area contributed by atoms with Gasteiger partial charge in [-0.3, -0.25) is 0 Å². The van der Waals surface area contributed by atoms with Crippen molar-refractivity contribution in [2.75, 3.05) is 0 Å². The molecular formula is C19H14FN3S3. The molecule has 4 rings (SSSR count). The largest absolute Gasteiger partial charge is 0.220 e. The van der Waals surface area contributed by atoms with Crippen LogP contribution in [-0.4, -0.2) is 10.9 Å². The number of hydrogen-bond acceptors (Lipinski definition) is 5. The number of thiazole rings is 1. The molecule has 0 unspecified atom stereocenters. The first-order chi connectivity index (χ1) is 12.7. The van der Waals surface area contributed by atoms with Gasteiger partial charge in [0.25, 0.3) is 0 Å². The lowest BCUT2D eigenvalue weighted by Gasteiger charge is -2.00. The highest BCUT2D eigenvalue weighted by Crippen LogP contribution is 2.25. The molecule has 0 saturated heterocycles. The molecule has 26 heavy (non-hydrogen) atoms. The van der Waals surface area contributed by atoms with Gasteiger partial charge in [-0.2, -0.15) is 5.10 Å². The van der Waals surface area contributed by atoms with Gasteiger partial charge in [-0.15, -0.1) is 34.0 Å². The lowest BCUT2D eigenvalue weighted by molar-refractivity contribution is 0.628. The van der Waals surface area contributed by atoms with Crippen LogP contribution in [0.1, 0.15) is 9.75 Å². The highest BCUT2D eigenvalue weighted by Gasteiger charge is 2.08. The van der Waals surface area contributed by atoms with Crippen molar-refractivity contribution in [3.05, 3.63) is 79.7 Å². The van der Waals surface area contributed by atoms with E-state index in [1.165, 1.54) is 28.3 Å². The molecule has 7 heteroatoms. The molecule has 3 heterocycles. The molecule has 3 aromatic heterocycles. The van der Waals surface area contributed by atoms with E-state index in [2.05, 4.69) is 35.2 Å². The van der Waals surface area contributed by atoms with Gasteiger partial charge < -0.3 is 0 Å². The summed E-state index contributed by atoms with van der Waals surface area (Å²) in [6, 6.07) is 14.4.